The van der Waals surface area contributed by atoms with Gasteiger partial charge < -0.3 is 4.90 Å². The topological polar surface area (TPSA) is 40.6 Å². The van der Waals surface area contributed by atoms with Crippen LogP contribution in [0, 0.1) is 0 Å². The minimum atomic E-state index is -3.40. The fourth-order valence-corrected chi connectivity index (χ4v) is 3.21. The SMILES string of the molecule is CN(C)C/C=C(\c1ccccc1)c1ccc(S(=O)(=O)N(C)C)cc1.Cl. The smallest absolute Gasteiger partial charge is 0.242 e. The van der Waals surface area contributed by atoms with Gasteiger partial charge in [-0.1, -0.05) is 48.5 Å². The van der Waals surface area contributed by atoms with Crippen LogP contribution in [-0.4, -0.2) is 52.4 Å². The Hall–Kier alpha value is -1.66. The first-order chi connectivity index (χ1) is 11.3. The lowest BCUT2D eigenvalue weighted by atomic mass is 9.97. The van der Waals surface area contributed by atoms with E-state index in [9.17, 15) is 8.42 Å². The highest BCUT2D eigenvalue weighted by Gasteiger charge is 2.17. The third kappa shape index (κ3) is 5.41. The van der Waals surface area contributed by atoms with Crippen molar-refractivity contribution in [3.05, 3.63) is 71.8 Å². The molecular formula is C19H25ClN2O2S. The molecule has 0 saturated heterocycles. The van der Waals surface area contributed by atoms with Crippen LogP contribution in [0.25, 0.3) is 5.57 Å². The molecule has 136 valence electrons. The maximum Gasteiger partial charge on any atom is 0.242 e. The van der Waals surface area contributed by atoms with Gasteiger partial charge in [-0.3, -0.25) is 0 Å². The Morgan fingerprint density at radius 2 is 1.40 bits per heavy atom. The third-order valence-corrected chi connectivity index (χ3v) is 5.52. The molecule has 0 atom stereocenters. The molecule has 2 rings (SSSR count). The number of halogens is 1. The van der Waals surface area contributed by atoms with E-state index in [0.29, 0.717) is 4.90 Å². The van der Waals surface area contributed by atoms with Crippen molar-refractivity contribution < 1.29 is 8.42 Å². The minimum Gasteiger partial charge on any atom is -0.306 e. The number of hydrogen-bond acceptors (Lipinski definition) is 3. The Bertz CT molecular complexity index is 799. The molecule has 0 aromatic heterocycles. The van der Waals surface area contributed by atoms with Crippen LogP contribution in [0.4, 0.5) is 0 Å². The van der Waals surface area contributed by atoms with E-state index in [4.69, 9.17) is 0 Å². The average molecular weight is 381 g/mol. The van der Waals surface area contributed by atoms with Crippen LogP contribution in [0.3, 0.4) is 0 Å². The second kappa shape index (κ2) is 9.15. The molecule has 0 bridgehead atoms. The summed E-state index contributed by atoms with van der Waals surface area (Å²) in [6, 6.07) is 17.2. The van der Waals surface area contributed by atoms with Crippen molar-refractivity contribution >= 4 is 28.0 Å². The van der Waals surface area contributed by atoms with Crippen LogP contribution >= 0.6 is 12.4 Å². The van der Waals surface area contributed by atoms with Crippen molar-refractivity contribution in [2.75, 3.05) is 34.7 Å². The van der Waals surface area contributed by atoms with Crippen molar-refractivity contribution in [1.82, 2.24) is 9.21 Å². The maximum atomic E-state index is 12.2. The van der Waals surface area contributed by atoms with Gasteiger partial charge in [-0.05, 0) is 42.9 Å². The Balaban J connectivity index is 0.00000312. The quantitative estimate of drug-likeness (QED) is 0.771. The van der Waals surface area contributed by atoms with Crippen LogP contribution in [0.1, 0.15) is 11.1 Å². The van der Waals surface area contributed by atoms with E-state index < -0.39 is 10.0 Å². The molecule has 0 aliphatic heterocycles. The van der Waals surface area contributed by atoms with Crippen LogP contribution in [0.5, 0.6) is 0 Å². The van der Waals surface area contributed by atoms with Crippen LogP contribution in [0.15, 0.2) is 65.6 Å². The standard InChI is InChI=1S/C19H24N2O2S.ClH/c1-20(2)15-14-19(16-8-6-5-7-9-16)17-10-12-18(13-11-17)24(22,23)21(3)4;/h5-14H,15H2,1-4H3;1H/b19-14+;. The first kappa shape index (κ1) is 21.4. The zero-order valence-corrected chi connectivity index (χ0v) is 16.6. The number of rotatable bonds is 6. The Kier molecular flexibility index (Phi) is 7.83. The molecule has 0 spiro atoms. The Morgan fingerprint density at radius 1 is 0.880 bits per heavy atom. The first-order valence-corrected chi connectivity index (χ1v) is 9.19. The van der Waals surface area contributed by atoms with Gasteiger partial charge in [-0.25, -0.2) is 12.7 Å². The molecule has 2 aromatic carbocycles. The van der Waals surface area contributed by atoms with Gasteiger partial charge in [0.1, 0.15) is 0 Å². The molecule has 6 heteroatoms. The molecule has 0 unspecified atom stereocenters. The van der Waals surface area contributed by atoms with Crippen LogP contribution in [0.2, 0.25) is 0 Å². The maximum absolute atomic E-state index is 12.2. The molecule has 0 aliphatic carbocycles. The van der Waals surface area contributed by atoms with Gasteiger partial charge in [0.05, 0.1) is 4.90 Å². The van der Waals surface area contributed by atoms with Crippen molar-refractivity contribution in [2.45, 2.75) is 4.90 Å². The summed E-state index contributed by atoms with van der Waals surface area (Å²) in [5.41, 5.74) is 3.21. The second-order valence-electron chi connectivity index (χ2n) is 6.06. The molecule has 0 heterocycles. The number of likely N-dealkylation sites (N-methyl/N-ethyl adjacent to an activating group) is 1. The van der Waals surface area contributed by atoms with E-state index >= 15 is 0 Å². The number of benzene rings is 2. The number of sulfonamides is 1. The lowest BCUT2D eigenvalue weighted by Gasteiger charge is -2.14. The zero-order chi connectivity index (χ0) is 17.7. The molecule has 0 amide bonds. The highest BCUT2D eigenvalue weighted by molar-refractivity contribution is 7.89. The summed E-state index contributed by atoms with van der Waals surface area (Å²) in [5, 5.41) is 0. The lowest BCUT2D eigenvalue weighted by molar-refractivity contribution is 0.457. The highest BCUT2D eigenvalue weighted by Crippen LogP contribution is 2.25. The van der Waals surface area contributed by atoms with Crippen LogP contribution in [-0.2, 0) is 10.0 Å². The molecule has 0 radical (unpaired) electrons. The molecular weight excluding hydrogens is 356 g/mol. The Morgan fingerprint density at radius 3 is 1.88 bits per heavy atom. The molecule has 2 aromatic rings. The summed E-state index contributed by atoms with van der Waals surface area (Å²) in [6.45, 7) is 0.808. The van der Waals surface area contributed by atoms with E-state index in [1.807, 2.05) is 44.4 Å². The first-order valence-electron chi connectivity index (χ1n) is 7.75. The zero-order valence-electron chi connectivity index (χ0n) is 15.0. The molecule has 4 nitrogen and oxygen atoms in total. The Labute approximate surface area is 157 Å². The van der Waals surface area contributed by atoms with Crippen LogP contribution < -0.4 is 0 Å². The van der Waals surface area contributed by atoms with Gasteiger partial charge in [0, 0.05) is 20.6 Å². The molecule has 0 saturated carbocycles. The fraction of sp³-hybridized carbons (Fsp3) is 0.263. The summed E-state index contributed by atoms with van der Waals surface area (Å²) in [6.07, 6.45) is 2.16. The summed E-state index contributed by atoms with van der Waals surface area (Å²) in [5.74, 6) is 0. The molecule has 0 fully saturated rings. The van der Waals surface area contributed by atoms with Crippen molar-refractivity contribution in [2.24, 2.45) is 0 Å². The van der Waals surface area contributed by atoms with E-state index in [1.54, 1.807) is 12.1 Å². The summed E-state index contributed by atoms with van der Waals surface area (Å²) < 4.78 is 25.6. The number of nitrogens with zero attached hydrogens (tertiary/aromatic N) is 2. The largest absolute Gasteiger partial charge is 0.306 e. The van der Waals surface area contributed by atoms with Gasteiger partial charge >= 0.3 is 0 Å². The van der Waals surface area contributed by atoms with E-state index in [1.165, 1.54) is 18.4 Å². The lowest BCUT2D eigenvalue weighted by Crippen LogP contribution is -2.22. The van der Waals surface area contributed by atoms with Gasteiger partial charge in [0.2, 0.25) is 10.0 Å². The van der Waals surface area contributed by atoms with Crippen molar-refractivity contribution in [3.63, 3.8) is 0 Å². The van der Waals surface area contributed by atoms with Crippen molar-refractivity contribution in [1.29, 1.82) is 0 Å². The van der Waals surface area contributed by atoms with E-state index in [2.05, 4.69) is 23.1 Å². The van der Waals surface area contributed by atoms with E-state index in [-0.39, 0.29) is 12.4 Å². The highest BCUT2D eigenvalue weighted by atomic mass is 35.5. The summed E-state index contributed by atoms with van der Waals surface area (Å²) in [7, 11) is 3.71. The molecule has 0 aliphatic rings. The van der Waals surface area contributed by atoms with E-state index in [0.717, 1.165) is 23.2 Å². The predicted octanol–water partition coefficient (Wildman–Crippen LogP) is 3.35. The van der Waals surface area contributed by atoms with Gasteiger partial charge in [0.15, 0.2) is 0 Å². The van der Waals surface area contributed by atoms with Gasteiger partial charge in [-0.15, -0.1) is 12.4 Å². The number of hydrogen-bond donors (Lipinski definition) is 0. The fourth-order valence-electron chi connectivity index (χ4n) is 2.31. The van der Waals surface area contributed by atoms with Crippen molar-refractivity contribution in [3.8, 4) is 0 Å². The van der Waals surface area contributed by atoms with Gasteiger partial charge in [-0.2, -0.15) is 0 Å². The predicted molar refractivity (Wildman–Crippen MR) is 107 cm³/mol. The van der Waals surface area contributed by atoms with Gasteiger partial charge in [0.25, 0.3) is 0 Å². The second-order valence-corrected chi connectivity index (χ2v) is 8.21. The summed E-state index contributed by atoms with van der Waals surface area (Å²) >= 11 is 0. The third-order valence-electron chi connectivity index (χ3n) is 3.69. The summed E-state index contributed by atoms with van der Waals surface area (Å²) in [4.78, 5) is 2.39. The average Bonchev–Trinajstić information content (AvgIpc) is 2.56. The minimum absolute atomic E-state index is 0. The molecule has 25 heavy (non-hydrogen) atoms. The molecule has 0 N–H and O–H groups in total. The normalized spacial score (nSPS) is 12.3. The monoisotopic (exact) mass is 380 g/mol.